The summed E-state index contributed by atoms with van der Waals surface area (Å²) in [6.45, 7) is 5.99. The number of amides is 3. The van der Waals surface area contributed by atoms with Gasteiger partial charge in [0.25, 0.3) is 5.91 Å². The topological polar surface area (TPSA) is 98.7 Å². The fourth-order valence-electron chi connectivity index (χ4n) is 5.05. The highest BCUT2D eigenvalue weighted by Crippen LogP contribution is 2.40. The number of aryl methyl sites for hydroxylation is 1. The van der Waals surface area contributed by atoms with Crippen LogP contribution in [0.1, 0.15) is 36.1 Å². The molecule has 7 nitrogen and oxygen atoms in total. The average molecular weight is 596 g/mol. The Kier molecular flexibility index (Phi) is 10.0. The molecule has 10 heteroatoms. The number of aliphatic hydroxyl groups is 1. The van der Waals surface area contributed by atoms with Crippen LogP contribution in [0.2, 0.25) is 0 Å². The van der Waals surface area contributed by atoms with E-state index in [1.807, 2.05) is 51.1 Å². The molecule has 3 aromatic rings. The first-order valence-electron chi connectivity index (χ1n) is 13.7. The molecule has 3 amide bonds. The van der Waals surface area contributed by atoms with E-state index in [2.05, 4.69) is 10.6 Å². The SMILES string of the molecule is Cc1ccccc1CNC(=O)[C@H]1N(C(=O)[C@@H](O)[C@H](Cc2ccccc2)NC(=O)Cc2ccc(F)cc2F)CSC1(C)C. The van der Waals surface area contributed by atoms with E-state index in [1.54, 1.807) is 24.3 Å². The molecule has 0 radical (unpaired) electrons. The van der Waals surface area contributed by atoms with E-state index in [0.717, 1.165) is 22.8 Å². The Labute approximate surface area is 248 Å². The van der Waals surface area contributed by atoms with Crippen LogP contribution >= 0.6 is 11.8 Å². The number of thioether (sulfide) groups is 1. The highest BCUT2D eigenvalue weighted by Gasteiger charge is 2.49. The maximum atomic E-state index is 14.2. The maximum Gasteiger partial charge on any atom is 0.254 e. The Bertz CT molecular complexity index is 1440. The first-order chi connectivity index (χ1) is 20.0. The molecule has 3 atom stereocenters. The van der Waals surface area contributed by atoms with Crippen molar-refractivity contribution in [2.45, 2.75) is 63.1 Å². The lowest BCUT2D eigenvalue weighted by Crippen LogP contribution is -2.58. The number of aliphatic hydroxyl groups excluding tert-OH is 1. The van der Waals surface area contributed by atoms with Gasteiger partial charge >= 0.3 is 0 Å². The number of carbonyl (C=O) groups is 3. The lowest BCUT2D eigenvalue weighted by molar-refractivity contribution is -0.147. The van der Waals surface area contributed by atoms with E-state index in [4.69, 9.17) is 0 Å². The number of rotatable bonds is 10. The lowest BCUT2D eigenvalue weighted by atomic mass is 9.96. The van der Waals surface area contributed by atoms with Crippen molar-refractivity contribution >= 4 is 29.5 Å². The van der Waals surface area contributed by atoms with Crippen LogP contribution in [0.15, 0.2) is 72.8 Å². The van der Waals surface area contributed by atoms with Gasteiger partial charge in [0.05, 0.1) is 18.3 Å². The number of nitrogens with zero attached hydrogens (tertiary/aromatic N) is 1. The molecule has 0 aliphatic carbocycles. The van der Waals surface area contributed by atoms with Crippen molar-refractivity contribution in [3.63, 3.8) is 0 Å². The maximum absolute atomic E-state index is 14.2. The van der Waals surface area contributed by atoms with Crippen LogP contribution in [0.3, 0.4) is 0 Å². The van der Waals surface area contributed by atoms with Crippen molar-refractivity contribution in [1.29, 1.82) is 0 Å². The molecule has 0 unspecified atom stereocenters. The summed E-state index contributed by atoms with van der Waals surface area (Å²) in [6.07, 6.45) is -1.98. The summed E-state index contributed by atoms with van der Waals surface area (Å²) < 4.78 is 26.9. The predicted octanol–water partition coefficient (Wildman–Crippen LogP) is 3.90. The zero-order chi connectivity index (χ0) is 30.4. The van der Waals surface area contributed by atoms with Gasteiger partial charge in [-0.05, 0) is 55.5 Å². The third-order valence-electron chi connectivity index (χ3n) is 7.44. The van der Waals surface area contributed by atoms with E-state index < -0.39 is 52.8 Å². The molecule has 42 heavy (non-hydrogen) atoms. The van der Waals surface area contributed by atoms with Crippen LogP contribution in [0.5, 0.6) is 0 Å². The lowest BCUT2D eigenvalue weighted by Gasteiger charge is -2.33. The molecular weight excluding hydrogens is 560 g/mol. The second-order valence-electron chi connectivity index (χ2n) is 11.0. The summed E-state index contributed by atoms with van der Waals surface area (Å²) in [5, 5.41) is 17.0. The Balaban J connectivity index is 1.52. The minimum atomic E-state index is -1.69. The van der Waals surface area contributed by atoms with Gasteiger partial charge in [-0.2, -0.15) is 0 Å². The average Bonchev–Trinajstić information content (AvgIpc) is 3.28. The minimum absolute atomic E-state index is 0.0174. The highest BCUT2D eigenvalue weighted by atomic mass is 32.2. The van der Waals surface area contributed by atoms with Crippen LogP contribution < -0.4 is 10.6 Å². The molecule has 1 heterocycles. The Hall–Kier alpha value is -3.76. The van der Waals surface area contributed by atoms with Gasteiger partial charge in [-0.1, -0.05) is 60.7 Å². The monoisotopic (exact) mass is 595 g/mol. The molecule has 222 valence electrons. The molecule has 1 aliphatic rings. The van der Waals surface area contributed by atoms with Crippen LogP contribution in [0.25, 0.3) is 0 Å². The van der Waals surface area contributed by atoms with Gasteiger partial charge in [-0.25, -0.2) is 8.78 Å². The largest absolute Gasteiger partial charge is 0.381 e. The molecule has 0 saturated carbocycles. The molecule has 1 saturated heterocycles. The number of hydrogen-bond donors (Lipinski definition) is 3. The first-order valence-corrected chi connectivity index (χ1v) is 14.7. The minimum Gasteiger partial charge on any atom is -0.381 e. The fourth-order valence-corrected chi connectivity index (χ4v) is 6.19. The summed E-state index contributed by atoms with van der Waals surface area (Å²) >= 11 is 1.42. The van der Waals surface area contributed by atoms with E-state index >= 15 is 0 Å². The summed E-state index contributed by atoms with van der Waals surface area (Å²) in [6, 6.07) is 17.7. The standard InChI is InChI=1S/C32H35F2N3O4S/c1-20-9-7-8-12-23(20)18-35-30(40)29-32(2,3)42-19-37(29)31(41)28(39)26(15-21-10-5-4-6-11-21)36-27(38)16-22-13-14-24(33)17-25(22)34/h4-14,17,26,28-29,39H,15-16,18-19H2,1-3H3,(H,35,40)(H,36,38)/t26-,28-,29+/m0/s1. The van der Waals surface area contributed by atoms with Crippen LogP contribution in [-0.2, 0) is 33.8 Å². The second kappa shape index (κ2) is 13.5. The smallest absolute Gasteiger partial charge is 0.254 e. The molecule has 1 aliphatic heterocycles. The van der Waals surface area contributed by atoms with Gasteiger partial charge in [0.1, 0.15) is 17.7 Å². The van der Waals surface area contributed by atoms with Crippen molar-refractivity contribution in [3.8, 4) is 0 Å². The van der Waals surface area contributed by atoms with Gasteiger partial charge < -0.3 is 20.6 Å². The quantitative estimate of drug-likeness (QED) is 0.330. The number of halogens is 2. The van der Waals surface area contributed by atoms with Gasteiger partial charge in [0.2, 0.25) is 11.8 Å². The Morgan fingerprint density at radius 1 is 1.02 bits per heavy atom. The molecule has 3 N–H and O–H groups in total. The number of benzene rings is 3. The summed E-state index contributed by atoms with van der Waals surface area (Å²) in [4.78, 5) is 41.5. The van der Waals surface area contributed by atoms with E-state index in [9.17, 15) is 28.3 Å². The van der Waals surface area contributed by atoms with Gasteiger partial charge in [0.15, 0.2) is 6.10 Å². The summed E-state index contributed by atoms with van der Waals surface area (Å²) in [5.41, 5.74) is 2.72. The van der Waals surface area contributed by atoms with Gasteiger partial charge in [-0.3, -0.25) is 14.4 Å². The number of hydrogen-bond acceptors (Lipinski definition) is 5. The first kappa shape index (κ1) is 31.2. The third kappa shape index (κ3) is 7.54. The Morgan fingerprint density at radius 2 is 1.71 bits per heavy atom. The van der Waals surface area contributed by atoms with Crippen molar-refractivity contribution < 1.29 is 28.3 Å². The third-order valence-corrected chi connectivity index (χ3v) is 8.81. The highest BCUT2D eigenvalue weighted by molar-refractivity contribution is 8.00. The van der Waals surface area contributed by atoms with E-state index in [1.165, 1.54) is 22.7 Å². The molecule has 4 rings (SSSR count). The second-order valence-corrected chi connectivity index (χ2v) is 12.6. The normalized spacial score (nSPS) is 17.4. The molecule has 0 aromatic heterocycles. The zero-order valence-corrected chi connectivity index (χ0v) is 24.6. The van der Waals surface area contributed by atoms with E-state index in [0.29, 0.717) is 12.6 Å². The van der Waals surface area contributed by atoms with Crippen LogP contribution in [0, 0.1) is 18.6 Å². The Morgan fingerprint density at radius 3 is 2.40 bits per heavy atom. The molecular formula is C32H35F2N3O4S. The summed E-state index contributed by atoms with van der Waals surface area (Å²) in [5.74, 6) is -3.13. The predicted molar refractivity (Wildman–Crippen MR) is 158 cm³/mol. The van der Waals surface area contributed by atoms with Crippen LogP contribution in [-0.4, -0.2) is 56.5 Å². The van der Waals surface area contributed by atoms with E-state index in [-0.39, 0.29) is 23.8 Å². The number of nitrogens with one attached hydrogen (secondary N) is 2. The van der Waals surface area contributed by atoms with Crippen LogP contribution in [0.4, 0.5) is 8.78 Å². The van der Waals surface area contributed by atoms with Gasteiger partial charge in [0, 0.05) is 17.4 Å². The number of carbonyl (C=O) groups excluding carboxylic acids is 3. The molecule has 1 fully saturated rings. The molecule has 3 aromatic carbocycles. The summed E-state index contributed by atoms with van der Waals surface area (Å²) in [7, 11) is 0. The molecule has 0 spiro atoms. The van der Waals surface area contributed by atoms with Crippen molar-refractivity contribution in [3.05, 3.63) is 107 Å². The molecule has 0 bridgehead atoms. The fraction of sp³-hybridized carbons (Fsp3) is 0.344. The van der Waals surface area contributed by atoms with Crippen molar-refractivity contribution in [1.82, 2.24) is 15.5 Å². The van der Waals surface area contributed by atoms with Crippen molar-refractivity contribution in [2.24, 2.45) is 0 Å². The van der Waals surface area contributed by atoms with Crippen molar-refractivity contribution in [2.75, 3.05) is 5.88 Å². The van der Waals surface area contributed by atoms with Gasteiger partial charge in [-0.15, -0.1) is 11.8 Å². The zero-order valence-electron chi connectivity index (χ0n) is 23.8.